The van der Waals surface area contributed by atoms with Crippen molar-refractivity contribution in [2.24, 2.45) is 11.8 Å². The Morgan fingerprint density at radius 3 is 2.93 bits per heavy atom. The second-order valence-electron chi connectivity index (χ2n) is 4.56. The zero-order chi connectivity index (χ0) is 10.8. The van der Waals surface area contributed by atoms with Crippen LogP contribution in [0.25, 0.3) is 0 Å². The van der Waals surface area contributed by atoms with Gasteiger partial charge >= 0.3 is 0 Å². The molecule has 15 heavy (non-hydrogen) atoms. The van der Waals surface area contributed by atoms with Crippen LogP contribution in [0.2, 0.25) is 0 Å². The van der Waals surface area contributed by atoms with Gasteiger partial charge in [0.05, 0.1) is 11.8 Å². The Morgan fingerprint density at radius 2 is 2.40 bits per heavy atom. The molecule has 0 bridgehead atoms. The quantitative estimate of drug-likeness (QED) is 0.712. The topological polar surface area (TPSA) is 34.9 Å². The van der Waals surface area contributed by atoms with Gasteiger partial charge in [-0.1, -0.05) is 6.92 Å². The third kappa shape index (κ3) is 2.11. The van der Waals surface area contributed by atoms with Crippen molar-refractivity contribution in [3.05, 3.63) is 18.0 Å². The molecule has 2 atom stereocenters. The van der Waals surface area contributed by atoms with E-state index in [1.165, 1.54) is 6.42 Å². The van der Waals surface area contributed by atoms with Crippen molar-refractivity contribution in [1.29, 1.82) is 0 Å². The largest absolute Gasteiger partial charge is 0.294 e. The van der Waals surface area contributed by atoms with Crippen LogP contribution in [0.5, 0.6) is 0 Å². The summed E-state index contributed by atoms with van der Waals surface area (Å²) in [5.74, 6) is 1.24. The normalized spacial score (nSPS) is 25.7. The molecule has 2 rings (SSSR count). The van der Waals surface area contributed by atoms with Gasteiger partial charge in [-0.05, 0) is 32.1 Å². The maximum absolute atomic E-state index is 12.1. The fourth-order valence-electron chi connectivity index (χ4n) is 2.34. The summed E-state index contributed by atoms with van der Waals surface area (Å²) in [6, 6.07) is 0. The summed E-state index contributed by atoms with van der Waals surface area (Å²) >= 11 is 0. The van der Waals surface area contributed by atoms with Crippen LogP contribution in [0.3, 0.4) is 0 Å². The molecule has 0 amide bonds. The third-order valence-electron chi connectivity index (χ3n) is 3.31. The monoisotopic (exact) mass is 206 g/mol. The Bertz CT molecular complexity index is 356. The summed E-state index contributed by atoms with van der Waals surface area (Å²) in [6.07, 6.45) is 6.87. The molecule has 2 unspecified atom stereocenters. The van der Waals surface area contributed by atoms with Gasteiger partial charge in [-0.15, -0.1) is 0 Å². The zero-order valence-corrected chi connectivity index (χ0v) is 9.44. The van der Waals surface area contributed by atoms with Crippen molar-refractivity contribution >= 4 is 5.78 Å². The predicted molar refractivity (Wildman–Crippen MR) is 58.7 cm³/mol. The number of rotatable bonds is 3. The third-order valence-corrected chi connectivity index (χ3v) is 3.31. The molecular formula is C12H18N2O. The molecule has 0 N–H and O–H groups in total. The lowest BCUT2D eigenvalue weighted by atomic mass is 9.97. The summed E-state index contributed by atoms with van der Waals surface area (Å²) in [7, 11) is 0. The van der Waals surface area contributed by atoms with Crippen molar-refractivity contribution in [3.63, 3.8) is 0 Å². The molecule has 0 aliphatic heterocycles. The summed E-state index contributed by atoms with van der Waals surface area (Å²) in [6.45, 7) is 5.08. The van der Waals surface area contributed by atoms with Crippen LogP contribution in [0.1, 0.15) is 43.5 Å². The van der Waals surface area contributed by atoms with E-state index in [2.05, 4.69) is 12.0 Å². The second kappa shape index (κ2) is 4.17. The molecule has 3 nitrogen and oxygen atoms in total. The first-order valence-corrected chi connectivity index (χ1v) is 5.77. The van der Waals surface area contributed by atoms with Crippen molar-refractivity contribution in [3.8, 4) is 0 Å². The van der Waals surface area contributed by atoms with Crippen molar-refractivity contribution in [2.75, 3.05) is 0 Å². The van der Waals surface area contributed by atoms with Crippen LogP contribution in [0.15, 0.2) is 12.4 Å². The highest BCUT2D eigenvalue weighted by atomic mass is 16.1. The van der Waals surface area contributed by atoms with E-state index < -0.39 is 0 Å². The van der Waals surface area contributed by atoms with E-state index in [0.29, 0.717) is 11.7 Å². The lowest BCUT2D eigenvalue weighted by Gasteiger charge is -2.05. The maximum atomic E-state index is 12.1. The number of carbonyl (C=O) groups is 1. The second-order valence-corrected chi connectivity index (χ2v) is 4.56. The first-order chi connectivity index (χ1) is 7.20. The Balaban J connectivity index is 2.07. The van der Waals surface area contributed by atoms with Crippen LogP contribution < -0.4 is 0 Å². The van der Waals surface area contributed by atoms with Gasteiger partial charge in [-0.3, -0.25) is 9.48 Å². The standard InChI is InChI=1S/C12H18N2O/c1-3-14-8-11(7-13-14)12(15)10-5-4-9(2)6-10/h7-10H,3-6H2,1-2H3. The molecule has 0 saturated heterocycles. The molecule has 1 aromatic rings. The average Bonchev–Trinajstić information content (AvgIpc) is 2.84. The highest BCUT2D eigenvalue weighted by Crippen LogP contribution is 2.32. The Hall–Kier alpha value is -1.12. The Labute approximate surface area is 90.5 Å². The summed E-state index contributed by atoms with van der Waals surface area (Å²) in [4.78, 5) is 12.1. The molecule has 1 aromatic heterocycles. The molecule has 1 aliphatic carbocycles. The van der Waals surface area contributed by atoms with E-state index in [9.17, 15) is 4.79 Å². The average molecular weight is 206 g/mol. The molecule has 0 radical (unpaired) electrons. The number of carbonyl (C=O) groups excluding carboxylic acids is 1. The molecule has 1 fully saturated rings. The van der Waals surface area contributed by atoms with Gasteiger partial charge in [-0.2, -0.15) is 5.10 Å². The van der Waals surface area contributed by atoms with E-state index in [4.69, 9.17) is 0 Å². The minimum Gasteiger partial charge on any atom is -0.294 e. The number of Topliss-reactive ketones (excluding diaryl/α,β-unsaturated/α-hetero) is 1. The number of ketones is 1. The van der Waals surface area contributed by atoms with Crippen molar-refractivity contribution < 1.29 is 4.79 Å². The molecule has 1 saturated carbocycles. The van der Waals surface area contributed by atoms with E-state index in [1.807, 2.05) is 17.8 Å². The van der Waals surface area contributed by atoms with Gasteiger partial charge in [0.1, 0.15) is 0 Å². The van der Waals surface area contributed by atoms with Crippen molar-refractivity contribution in [1.82, 2.24) is 9.78 Å². The SMILES string of the molecule is CCn1cc(C(=O)C2CCC(C)C2)cn1. The Morgan fingerprint density at radius 1 is 1.60 bits per heavy atom. The zero-order valence-electron chi connectivity index (χ0n) is 9.44. The number of nitrogens with zero attached hydrogens (tertiary/aromatic N) is 2. The minimum atomic E-state index is 0.245. The lowest BCUT2D eigenvalue weighted by Crippen LogP contribution is -2.10. The fourth-order valence-corrected chi connectivity index (χ4v) is 2.34. The van der Waals surface area contributed by atoms with Crippen molar-refractivity contribution in [2.45, 2.75) is 39.7 Å². The summed E-state index contributed by atoms with van der Waals surface area (Å²) in [5.41, 5.74) is 0.788. The molecular weight excluding hydrogens is 188 g/mol. The number of hydrogen-bond donors (Lipinski definition) is 0. The molecule has 1 heterocycles. The van der Waals surface area contributed by atoms with E-state index >= 15 is 0 Å². The van der Waals surface area contributed by atoms with E-state index in [-0.39, 0.29) is 5.92 Å². The van der Waals surface area contributed by atoms with Gasteiger partial charge in [-0.25, -0.2) is 0 Å². The molecule has 0 aromatic carbocycles. The van der Waals surface area contributed by atoms with Gasteiger partial charge in [0.2, 0.25) is 0 Å². The molecule has 82 valence electrons. The number of aryl methyl sites for hydroxylation is 1. The molecule has 1 aliphatic rings. The first-order valence-electron chi connectivity index (χ1n) is 5.77. The predicted octanol–water partition coefficient (Wildman–Crippen LogP) is 2.52. The maximum Gasteiger partial charge on any atom is 0.169 e. The summed E-state index contributed by atoms with van der Waals surface area (Å²) < 4.78 is 1.81. The van der Waals surface area contributed by atoms with Crippen LogP contribution >= 0.6 is 0 Å². The summed E-state index contributed by atoms with van der Waals surface area (Å²) in [5, 5.41) is 4.14. The molecule has 0 spiro atoms. The van der Waals surface area contributed by atoms with E-state index in [0.717, 1.165) is 24.9 Å². The Kier molecular flexibility index (Phi) is 2.89. The minimum absolute atomic E-state index is 0.245. The first kappa shape index (κ1) is 10.4. The van der Waals surface area contributed by atoms with Crippen LogP contribution in [0.4, 0.5) is 0 Å². The number of aromatic nitrogens is 2. The van der Waals surface area contributed by atoms with Crippen LogP contribution in [-0.2, 0) is 6.54 Å². The van der Waals surface area contributed by atoms with Crippen LogP contribution in [0, 0.1) is 11.8 Å². The highest BCUT2D eigenvalue weighted by molar-refractivity contribution is 5.97. The van der Waals surface area contributed by atoms with Gasteiger partial charge in [0.15, 0.2) is 5.78 Å². The smallest absolute Gasteiger partial charge is 0.169 e. The number of hydrogen-bond acceptors (Lipinski definition) is 2. The fraction of sp³-hybridized carbons (Fsp3) is 0.667. The van der Waals surface area contributed by atoms with Gasteiger partial charge in [0, 0.05) is 18.7 Å². The highest BCUT2D eigenvalue weighted by Gasteiger charge is 2.28. The lowest BCUT2D eigenvalue weighted by molar-refractivity contribution is 0.0920. The van der Waals surface area contributed by atoms with E-state index in [1.54, 1.807) is 6.20 Å². The van der Waals surface area contributed by atoms with Gasteiger partial charge < -0.3 is 0 Å². The molecule has 3 heteroatoms. The van der Waals surface area contributed by atoms with Crippen LogP contribution in [-0.4, -0.2) is 15.6 Å². The van der Waals surface area contributed by atoms with Gasteiger partial charge in [0.25, 0.3) is 0 Å².